The summed E-state index contributed by atoms with van der Waals surface area (Å²) in [7, 11) is 0.286. The first-order valence-corrected chi connectivity index (χ1v) is 19.5. The van der Waals surface area contributed by atoms with Crippen molar-refractivity contribution in [2.24, 2.45) is 7.05 Å². The Bertz CT molecular complexity index is 1880. The van der Waals surface area contributed by atoms with Crippen molar-refractivity contribution in [1.82, 2.24) is 19.5 Å². The molecule has 6 rings (SSSR count). The molecule has 8 heteroatoms. The minimum absolute atomic E-state index is 0.0885. The zero-order chi connectivity index (χ0) is 33.8. The lowest BCUT2D eigenvalue weighted by Gasteiger charge is -2.42. The van der Waals surface area contributed by atoms with Crippen LogP contribution in [0.3, 0.4) is 0 Å². The molecule has 1 fully saturated rings. The van der Waals surface area contributed by atoms with Crippen LogP contribution < -0.4 is 9.47 Å². The van der Waals surface area contributed by atoms with Gasteiger partial charge in [-0.25, -0.2) is 9.97 Å². The molecule has 4 heterocycles. The second-order valence-electron chi connectivity index (χ2n) is 14.0. The normalized spacial score (nSPS) is 16.4. The van der Waals surface area contributed by atoms with Gasteiger partial charge in [0.2, 0.25) is 5.88 Å². The molecule has 0 bridgehead atoms. The summed E-state index contributed by atoms with van der Waals surface area (Å²) < 4.78 is 21.1. The number of unbranched alkanes of at least 4 members (excludes halogenated alkanes) is 1. The van der Waals surface area contributed by atoms with Crippen molar-refractivity contribution < 1.29 is 13.9 Å². The van der Waals surface area contributed by atoms with Crippen LogP contribution in [-0.4, -0.2) is 46.7 Å². The minimum Gasteiger partial charge on any atom is -0.489 e. The van der Waals surface area contributed by atoms with Gasteiger partial charge in [0.1, 0.15) is 23.7 Å². The van der Waals surface area contributed by atoms with Gasteiger partial charge in [-0.05, 0) is 64.9 Å². The van der Waals surface area contributed by atoms with Crippen LogP contribution in [0, 0.1) is 11.8 Å². The van der Waals surface area contributed by atoms with Gasteiger partial charge in [0.25, 0.3) is 0 Å². The number of benzene rings is 1. The highest BCUT2D eigenvalue weighted by Gasteiger charge is 2.44. The van der Waals surface area contributed by atoms with Gasteiger partial charge in [-0.3, -0.25) is 4.98 Å². The molecule has 1 aliphatic carbocycles. The van der Waals surface area contributed by atoms with Gasteiger partial charge in [0.15, 0.2) is 8.32 Å². The van der Waals surface area contributed by atoms with Crippen LogP contribution in [0.15, 0.2) is 73.3 Å². The molecule has 0 N–H and O–H groups in total. The standard InChI is InChI=1S/C40H48N4O3Si/c1-27(2)48(28(3)4,29(5)6)45-20-10-8-9-11-32-14-15-33(25-42-32)46-34-22-35(23-34)47-40-17-13-31(24-43-40)30-12-16-36-37-26-41-19-18-38(37)44(7)39(36)21-30/h12-19,21,24-29,34-35H,8,10,20,22-23H2,1-7H3. The highest BCUT2D eigenvalue weighted by atomic mass is 28.4. The van der Waals surface area contributed by atoms with Crippen molar-refractivity contribution in [2.75, 3.05) is 6.61 Å². The SMILES string of the molecule is CC(C)[Si](OCCCC#Cc1ccc(OC2CC(Oc3ccc(-c4ccc5c6cnccc6n(C)c5c4)cn3)C2)cn1)(C(C)C)C(C)C. The number of nitrogens with zero attached hydrogens (tertiary/aromatic N) is 4. The fourth-order valence-electron chi connectivity index (χ4n) is 7.51. The summed E-state index contributed by atoms with van der Waals surface area (Å²) >= 11 is 0. The van der Waals surface area contributed by atoms with Gasteiger partial charge in [-0.15, -0.1) is 0 Å². The van der Waals surface area contributed by atoms with Crippen LogP contribution in [0.5, 0.6) is 11.6 Å². The zero-order valence-corrected chi connectivity index (χ0v) is 30.4. The molecule has 1 aliphatic rings. The lowest BCUT2D eigenvalue weighted by molar-refractivity contribution is 0.00209. The van der Waals surface area contributed by atoms with E-state index in [0.717, 1.165) is 54.9 Å². The largest absolute Gasteiger partial charge is 0.489 e. The van der Waals surface area contributed by atoms with Gasteiger partial charge in [-0.1, -0.05) is 59.6 Å². The second-order valence-corrected chi connectivity index (χ2v) is 19.4. The molecule has 0 saturated heterocycles. The molecule has 0 unspecified atom stereocenters. The fraction of sp³-hybridized carbons (Fsp3) is 0.425. The molecule has 0 spiro atoms. The molecule has 0 amide bonds. The maximum absolute atomic E-state index is 6.64. The maximum Gasteiger partial charge on any atom is 0.213 e. The fourth-order valence-corrected chi connectivity index (χ4v) is 13.0. The van der Waals surface area contributed by atoms with E-state index in [1.54, 1.807) is 6.20 Å². The number of hydrogen-bond donors (Lipinski definition) is 0. The van der Waals surface area contributed by atoms with E-state index in [9.17, 15) is 0 Å². The summed E-state index contributed by atoms with van der Waals surface area (Å²) in [5.74, 6) is 7.86. The molecule has 7 nitrogen and oxygen atoms in total. The number of pyridine rings is 3. The predicted octanol–water partition coefficient (Wildman–Crippen LogP) is 9.50. The zero-order valence-electron chi connectivity index (χ0n) is 29.4. The Hall–Kier alpha value is -4.19. The summed E-state index contributed by atoms with van der Waals surface area (Å²) in [6.07, 6.45) is 11.0. The molecular weight excluding hydrogens is 613 g/mol. The van der Waals surface area contributed by atoms with Crippen molar-refractivity contribution >= 4 is 30.1 Å². The Labute approximate surface area is 286 Å². The van der Waals surface area contributed by atoms with Crippen molar-refractivity contribution in [2.45, 2.75) is 96.1 Å². The number of ether oxygens (including phenoxy) is 2. The molecule has 0 aliphatic heterocycles. The van der Waals surface area contributed by atoms with Crippen LogP contribution in [-0.2, 0) is 11.5 Å². The molecule has 5 aromatic rings. The third kappa shape index (κ3) is 6.99. The Morgan fingerprint density at radius 3 is 2.23 bits per heavy atom. The molecule has 48 heavy (non-hydrogen) atoms. The van der Waals surface area contributed by atoms with Gasteiger partial charge >= 0.3 is 0 Å². The third-order valence-corrected chi connectivity index (χ3v) is 16.1. The van der Waals surface area contributed by atoms with E-state index in [2.05, 4.69) is 110 Å². The minimum atomic E-state index is -1.81. The van der Waals surface area contributed by atoms with Crippen LogP contribution in [0.2, 0.25) is 16.6 Å². The first kappa shape index (κ1) is 33.7. The van der Waals surface area contributed by atoms with Crippen LogP contribution in [0.4, 0.5) is 0 Å². The Kier molecular flexibility index (Phi) is 10.2. The van der Waals surface area contributed by atoms with E-state index >= 15 is 0 Å². The van der Waals surface area contributed by atoms with Gasteiger partial charge in [0, 0.05) is 79.4 Å². The second kappa shape index (κ2) is 14.5. The van der Waals surface area contributed by atoms with Crippen molar-refractivity contribution in [3.8, 4) is 34.6 Å². The summed E-state index contributed by atoms with van der Waals surface area (Å²) in [4.78, 5) is 13.4. The van der Waals surface area contributed by atoms with Crippen molar-refractivity contribution in [3.63, 3.8) is 0 Å². The number of rotatable bonds is 12. The van der Waals surface area contributed by atoms with Gasteiger partial charge in [-0.2, -0.15) is 0 Å². The molecule has 0 radical (unpaired) electrons. The molecule has 250 valence electrons. The molecular formula is C40H48N4O3Si. The number of fused-ring (bicyclic) bond motifs is 3. The maximum atomic E-state index is 6.64. The van der Waals surface area contributed by atoms with Crippen LogP contribution >= 0.6 is 0 Å². The van der Waals surface area contributed by atoms with Crippen molar-refractivity contribution in [1.29, 1.82) is 0 Å². The first-order chi connectivity index (χ1) is 23.2. The Morgan fingerprint density at radius 2 is 1.54 bits per heavy atom. The van der Waals surface area contributed by atoms with E-state index in [1.165, 1.54) is 21.8 Å². The summed E-state index contributed by atoms with van der Waals surface area (Å²) in [5.41, 5.74) is 7.09. The first-order valence-electron chi connectivity index (χ1n) is 17.4. The van der Waals surface area contributed by atoms with E-state index in [0.29, 0.717) is 22.5 Å². The Morgan fingerprint density at radius 1 is 0.792 bits per heavy atom. The highest BCUT2D eigenvalue weighted by molar-refractivity contribution is 6.77. The lowest BCUT2D eigenvalue weighted by atomic mass is 9.92. The molecule has 0 atom stereocenters. The number of aromatic nitrogens is 4. The monoisotopic (exact) mass is 660 g/mol. The summed E-state index contributed by atoms with van der Waals surface area (Å²) in [6, 6.07) is 16.5. The quantitative estimate of drug-likeness (QED) is 0.0754. The van der Waals surface area contributed by atoms with E-state index < -0.39 is 8.32 Å². The van der Waals surface area contributed by atoms with Gasteiger partial charge in [0.05, 0.1) is 11.7 Å². The number of hydrogen-bond acceptors (Lipinski definition) is 6. The smallest absolute Gasteiger partial charge is 0.213 e. The Balaban J connectivity index is 0.939. The molecule has 1 saturated carbocycles. The van der Waals surface area contributed by atoms with Crippen molar-refractivity contribution in [3.05, 3.63) is 79.0 Å². The molecule has 1 aromatic carbocycles. The predicted molar refractivity (Wildman–Crippen MR) is 197 cm³/mol. The summed E-state index contributed by atoms with van der Waals surface area (Å²) in [6.45, 7) is 14.7. The third-order valence-electron chi connectivity index (χ3n) is 9.98. The number of aryl methyl sites for hydroxylation is 1. The van der Waals surface area contributed by atoms with Crippen LogP contribution in [0.1, 0.15) is 72.9 Å². The van der Waals surface area contributed by atoms with E-state index in [1.807, 2.05) is 36.8 Å². The molecule has 4 aromatic heterocycles. The average Bonchev–Trinajstić information content (AvgIpc) is 3.35. The van der Waals surface area contributed by atoms with Gasteiger partial charge < -0.3 is 18.5 Å². The van der Waals surface area contributed by atoms with E-state index in [-0.39, 0.29) is 12.2 Å². The van der Waals surface area contributed by atoms with E-state index in [4.69, 9.17) is 13.9 Å². The van der Waals surface area contributed by atoms with Crippen LogP contribution in [0.25, 0.3) is 32.9 Å². The topological polar surface area (TPSA) is 71.3 Å². The highest BCUT2D eigenvalue weighted by Crippen LogP contribution is 2.42. The summed E-state index contributed by atoms with van der Waals surface area (Å²) in [5, 5.41) is 2.37. The lowest BCUT2D eigenvalue weighted by Crippen LogP contribution is -2.47. The average molecular weight is 661 g/mol.